The predicted molar refractivity (Wildman–Crippen MR) is 109 cm³/mol. The highest BCUT2D eigenvalue weighted by molar-refractivity contribution is 6.09. The van der Waals surface area contributed by atoms with Gasteiger partial charge in [0.1, 0.15) is 11.5 Å². The number of rotatable bonds is 5. The third-order valence-corrected chi connectivity index (χ3v) is 4.67. The summed E-state index contributed by atoms with van der Waals surface area (Å²) in [6, 6.07) is 16.9. The van der Waals surface area contributed by atoms with E-state index in [2.05, 4.69) is 4.98 Å². The van der Waals surface area contributed by atoms with Crippen LogP contribution in [0.4, 0.5) is 0 Å². The molecule has 0 N–H and O–H groups in total. The van der Waals surface area contributed by atoms with Crippen molar-refractivity contribution in [1.29, 1.82) is 0 Å². The number of Topliss-reactive ketones (excluding diaryl/α,β-unsaturated/α-hetero) is 1. The van der Waals surface area contributed by atoms with Gasteiger partial charge in [0, 0.05) is 17.6 Å². The number of hydrogen-bond donors (Lipinski definition) is 0. The molecule has 0 amide bonds. The topological polar surface area (TPSA) is 57.7 Å². The van der Waals surface area contributed by atoms with E-state index in [0.717, 1.165) is 16.2 Å². The second-order valence-electron chi connectivity index (χ2n) is 6.35. The molecule has 4 aromatic rings. The molecule has 0 aliphatic heterocycles. The van der Waals surface area contributed by atoms with Crippen LogP contribution >= 0.6 is 0 Å². The van der Waals surface area contributed by atoms with Gasteiger partial charge in [-0.2, -0.15) is 0 Å². The monoisotopic (exact) mass is 373 g/mol. The van der Waals surface area contributed by atoms with E-state index < -0.39 is 0 Å². The summed E-state index contributed by atoms with van der Waals surface area (Å²) in [4.78, 5) is 16.8. The molecule has 4 rings (SSSR count). The first-order chi connectivity index (χ1) is 13.6. The maximum atomic E-state index is 12.4. The van der Waals surface area contributed by atoms with E-state index in [1.165, 1.54) is 0 Å². The lowest BCUT2D eigenvalue weighted by molar-refractivity contribution is 0.101. The summed E-state index contributed by atoms with van der Waals surface area (Å²) >= 11 is 0. The Morgan fingerprint density at radius 3 is 2.32 bits per heavy atom. The van der Waals surface area contributed by atoms with Crippen LogP contribution in [0.2, 0.25) is 0 Å². The van der Waals surface area contributed by atoms with E-state index in [-0.39, 0.29) is 5.78 Å². The second-order valence-corrected chi connectivity index (χ2v) is 6.35. The van der Waals surface area contributed by atoms with Gasteiger partial charge >= 0.3 is 0 Å². The summed E-state index contributed by atoms with van der Waals surface area (Å²) in [5.74, 6) is 2.22. The van der Waals surface area contributed by atoms with Crippen LogP contribution in [-0.2, 0) is 0 Å². The van der Waals surface area contributed by atoms with Crippen LogP contribution in [0.1, 0.15) is 17.3 Å². The zero-order valence-corrected chi connectivity index (χ0v) is 15.9. The van der Waals surface area contributed by atoms with Crippen molar-refractivity contribution in [2.45, 2.75) is 6.92 Å². The number of ketones is 1. The Morgan fingerprint density at radius 1 is 0.821 bits per heavy atom. The van der Waals surface area contributed by atoms with Crippen molar-refractivity contribution in [3.63, 3.8) is 0 Å². The molecular weight excluding hydrogens is 354 g/mol. The Hall–Kier alpha value is -3.60. The highest BCUT2D eigenvalue weighted by Crippen LogP contribution is 2.38. The van der Waals surface area contributed by atoms with E-state index in [4.69, 9.17) is 14.2 Å². The number of nitrogens with zero attached hydrogens (tertiary/aromatic N) is 1. The van der Waals surface area contributed by atoms with Crippen LogP contribution in [0.5, 0.6) is 23.0 Å². The number of methoxy groups -OCH3 is 2. The van der Waals surface area contributed by atoms with Crippen molar-refractivity contribution in [1.82, 2.24) is 4.98 Å². The number of carbonyl (C=O) groups excluding carboxylic acids is 1. The summed E-state index contributed by atoms with van der Waals surface area (Å²) < 4.78 is 17.0. The van der Waals surface area contributed by atoms with Crippen LogP contribution in [0.3, 0.4) is 0 Å². The van der Waals surface area contributed by atoms with Crippen molar-refractivity contribution >= 4 is 27.5 Å². The van der Waals surface area contributed by atoms with Crippen LogP contribution < -0.4 is 14.2 Å². The molecule has 0 unspecified atom stereocenters. The molecule has 0 aliphatic carbocycles. The number of fused-ring (bicyclic) bond motifs is 2. The van der Waals surface area contributed by atoms with E-state index in [0.29, 0.717) is 34.1 Å². The molecule has 5 heteroatoms. The van der Waals surface area contributed by atoms with Crippen molar-refractivity contribution in [3.05, 3.63) is 66.4 Å². The molecule has 28 heavy (non-hydrogen) atoms. The number of ether oxygens (including phenoxy) is 3. The average Bonchev–Trinajstić information content (AvgIpc) is 2.72. The molecule has 1 heterocycles. The Morgan fingerprint density at radius 2 is 1.57 bits per heavy atom. The SMILES string of the molecule is COc1cc2nccc(Oc3ccc4ccccc4c3C(C)=O)c2cc1OC. The fraction of sp³-hybridized carbons (Fsp3) is 0.130. The third-order valence-electron chi connectivity index (χ3n) is 4.67. The molecule has 0 saturated carbocycles. The Labute approximate surface area is 162 Å². The largest absolute Gasteiger partial charge is 0.493 e. The predicted octanol–water partition coefficient (Wildman–Crippen LogP) is 5.40. The lowest BCUT2D eigenvalue weighted by Gasteiger charge is -2.15. The van der Waals surface area contributed by atoms with Crippen molar-refractivity contribution in [2.75, 3.05) is 14.2 Å². The van der Waals surface area contributed by atoms with Gasteiger partial charge in [0.25, 0.3) is 0 Å². The fourth-order valence-electron chi connectivity index (χ4n) is 3.35. The van der Waals surface area contributed by atoms with Gasteiger partial charge in [-0.1, -0.05) is 30.3 Å². The maximum absolute atomic E-state index is 12.4. The van der Waals surface area contributed by atoms with Gasteiger partial charge in [0.05, 0.1) is 25.3 Å². The highest BCUT2D eigenvalue weighted by Gasteiger charge is 2.16. The van der Waals surface area contributed by atoms with Gasteiger partial charge in [0.15, 0.2) is 17.3 Å². The molecule has 0 radical (unpaired) electrons. The first-order valence-corrected chi connectivity index (χ1v) is 8.83. The Kier molecular flexibility index (Phi) is 4.57. The molecule has 140 valence electrons. The van der Waals surface area contributed by atoms with Gasteiger partial charge in [-0.15, -0.1) is 0 Å². The zero-order chi connectivity index (χ0) is 19.7. The lowest BCUT2D eigenvalue weighted by Crippen LogP contribution is -1.99. The number of pyridine rings is 1. The smallest absolute Gasteiger partial charge is 0.164 e. The molecule has 3 aromatic carbocycles. The Balaban J connectivity index is 1.89. The summed E-state index contributed by atoms with van der Waals surface area (Å²) in [5.41, 5.74) is 1.27. The van der Waals surface area contributed by atoms with Crippen LogP contribution in [0.25, 0.3) is 21.7 Å². The van der Waals surface area contributed by atoms with Gasteiger partial charge in [-0.25, -0.2) is 0 Å². The molecule has 0 atom stereocenters. The van der Waals surface area contributed by atoms with Gasteiger partial charge < -0.3 is 14.2 Å². The molecule has 0 fully saturated rings. The van der Waals surface area contributed by atoms with Crippen LogP contribution in [0.15, 0.2) is 60.8 Å². The maximum Gasteiger partial charge on any atom is 0.164 e. The summed E-state index contributed by atoms with van der Waals surface area (Å²) in [7, 11) is 3.16. The molecule has 0 saturated heterocycles. The van der Waals surface area contributed by atoms with E-state index in [9.17, 15) is 4.79 Å². The Bertz CT molecular complexity index is 1200. The van der Waals surface area contributed by atoms with Crippen LogP contribution in [-0.4, -0.2) is 25.0 Å². The molecule has 1 aromatic heterocycles. The molecular formula is C23H19NO4. The van der Waals surface area contributed by atoms with Crippen molar-refractivity contribution in [3.8, 4) is 23.0 Å². The molecule has 0 spiro atoms. The second kappa shape index (κ2) is 7.19. The quantitative estimate of drug-likeness (QED) is 0.438. The fourth-order valence-corrected chi connectivity index (χ4v) is 3.35. The molecule has 0 bridgehead atoms. The number of benzene rings is 3. The minimum absolute atomic E-state index is 0.0515. The minimum Gasteiger partial charge on any atom is -0.493 e. The van der Waals surface area contributed by atoms with Crippen LogP contribution in [0, 0.1) is 0 Å². The molecule has 0 aliphatic rings. The normalized spacial score (nSPS) is 10.8. The van der Waals surface area contributed by atoms with Gasteiger partial charge in [0.2, 0.25) is 0 Å². The summed E-state index contributed by atoms with van der Waals surface area (Å²) in [6.45, 7) is 1.55. The van der Waals surface area contributed by atoms with Gasteiger partial charge in [-0.05, 0) is 35.9 Å². The summed E-state index contributed by atoms with van der Waals surface area (Å²) in [6.07, 6.45) is 1.66. The van der Waals surface area contributed by atoms with E-state index in [1.54, 1.807) is 39.5 Å². The third kappa shape index (κ3) is 3.01. The first-order valence-electron chi connectivity index (χ1n) is 8.83. The highest BCUT2D eigenvalue weighted by atomic mass is 16.5. The first kappa shape index (κ1) is 17.8. The van der Waals surface area contributed by atoms with E-state index >= 15 is 0 Å². The summed E-state index contributed by atoms with van der Waals surface area (Å²) in [5, 5.41) is 2.62. The number of carbonyl (C=O) groups is 1. The zero-order valence-electron chi connectivity index (χ0n) is 15.9. The molecule has 5 nitrogen and oxygen atoms in total. The average molecular weight is 373 g/mol. The lowest BCUT2D eigenvalue weighted by atomic mass is 10.0. The minimum atomic E-state index is -0.0515. The van der Waals surface area contributed by atoms with Gasteiger partial charge in [-0.3, -0.25) is 9.78 Å². The number of hydrogen-bond acceptors (Lipinski definition) is 5. The van der Waals surface area contributed by atoms with E-state index in [1.807, 2.05) is 42.5 Å². The van der Waals surface area contributed by atoms with Crippen molar-refractivity contribution in [2.24, 2.45) is 0 Å². The standard InChI is InChI=1S/C23H19NO4/c1-14(25)23-16-7-5-4-6-15(16)8-9-20(23)28-19-10-11-24-18-13-22(27-3)21(26-2)12-17(18)19/h4-13H,1-3H3. The number of aromatic nitrogens is 1. The van der Waals surface area contributed by atoms with Crippen molar-refractivity contribution < 1.29 is 19.0 Å².